The third-order valence-electron chi connectivity index (χ3n) is 5.49. The topological polar surface area (TPSA) is 97.3 Å². The second-order valence-corrected chi connectivity index (χ2v) is 9.29. The molecule has 0 radical (unpaired) electrons. The molecule has 1 N–H and O–H groups in total. The first-order chi connectivity index (χ1) is 15.0. The van der Waals surface area contributed by atoms with Crippen molar-refractivity contribution in [1.29, 1.82) is 0 Å². The summed E-state index contributed by atoms with van der Waals surface area (Å²) in [5, 5.41) is 3.09. The van der Waals surface area contributed by atoms with E-state index < -0.39 is 10.0 Å². The molecule has 162 valence electrons. The molecule has 1 aliphatic rings. The van der Waals surface area contributed by atoms with Crippen molar-refractivity contribution in [3.63, 3.8) is 0 Å². The van der Waals surface area contributed by atoms with Gasteiger partial charge in [-0.2, -0.15) is 4.31 Å². The molecule has 1 aromatic carbocycles. The molecule has 8 nitrogen and oxygen atoms in total. The lowest BCUT2D eigenvalue weighted by Crippen LogP contribution is -2.38. The van der Waals surface area contributed by atoms with Gasteiger partial charge in [0.15, 0.2) is 5.82 Å². The zero-order valence-corrected chi connectivity index (χ0v) is 18.3. The van der Waals surface area contributed by atoms with Crippen molar-refractivity contribution >= 4 is 15.8 Å². The van der Waals surface area contributed by atoms with Crippen LogP contribution in [-0.2, 0) is 10.0 Å². The number of anilines is 1. The second-order valence-electron chi connectivity index (χ2n) is 7.35. The highest BCUT2D eigenvalue weighted by Gasteiger charge is 2.31. The molecule has 0 bridgehead atoms. The van der Waals surface area contributed by atoms with Gasteiger partial charge in [0.2, 0.25) is 10.0 Å². The molecule has 2 aromatic heterocycles. The monoisotopic (exact) mass is 439 g/mol. The molecule has 0 spiro atoms. The van der Waals surface area contributed by atoms with Gasteiger partial charge in [-0.15, -0.1) is 0 Å². The Labute approximate surface area is 182 Å². The number of benzene rings is 1. The first-order valence-corrected chi connectivity index (χ1v) is 11.6. The molecule has 3 heterocycles. The minimum atomic E-state index is -3.53. The standard InChI is InChI=1S/C22H25N5O3S/c1-23-21-14-20(25-22(26-21)17-4-3-11-24-15-17)16-9-12-27(13-10-16)31(28,29)19-7-5-18(30-2)6-8-19/h3-8,11,14-16H,9-10,12-13H2,1-2H3,(H,23,25,26). The number of piperidine rings is 1. The van der Waals surface area contributed by atoms with Gasteiger partial charge in [0.1, 0.15) is 11.6 Å². The molecule has 0 atom stereocenters. The smallest absolute Gasteiger partial charge is 0.243 e. The van der Waals surface area contributed by atoms with Crippen LogP contribution in [0.25, 0.3) is 11.4 Å². The number of nitrogens with one attached hydrogen (secondary N) is 1. The Bertz CT molecular complexity index is 1130. The molecule has 4 rings (SSSR count). The summed E-state index contributed by atoms with van der Waals surface area (Å²) in [4.78, 5) is 13.7. The summed E-state index contributed by atoms with van der Waals surface area (Å²) < 4.78 is 32.7. The Morgan fingerprint density at radius 2 is 1.84 bits per heavy atom. The maximum Gasteiger partial charge on any atom is 0.243 e. The highest BCUT2D eigenvalue weighted by molar-refractivity contribution is 7.89. The molecule has 1 fully saturated rings. The number of methoxy groups -OCH3 is 1. The SMILES string of the molecule is CNc1cc(C2CCN(S(=O)(=O)c3ccc(OC)cc3)CC2)nc(-c2cccnc2)n1. The molecule has 1 aliphatic heterocycles. The van der Waals surface area contributed by atoms with Gasteiger partial charge in [-0.3, -0.25) is 4.98 Å². The summed E-state index contributed by atoms with van der Waals surface area (Å²) in [6.07, 6.45) is 4.85. The predicted molar refractivity (Wildman–Crippen MR) is 119 cm³/mol. The molecule has 1 saturated heterocycles. The van der Waals surface area contributed by atoms with Gasteiger partial charge in [-0.25, -0.2) is 18.4 Å². The fourth-order valence-corrected chi connectivity index (χ4v) is 5.19. The Kier molecular flexibility index (Phi) is 6.15. The molecule has 0 aliphatic carbocycles. The van der Waals surface area contributed by atoms with Crippen LogP contribution in [0, 0.1) is 0 Å². The van der Waals surface area contributed by atoms with Crippen molar-refractivity contribution in [2.24, 2.45) is 0 Å². The quantitative estimate of drug-likeness (QED) is 0.630. The van der Waals surface area contributed by atoms with Crippen LogP contribution in [0.1, 0.15) is 24.5 Å². The van der Waals surface area contributed by atoms with Crippen LogP contribution < -0.4 is 10.1 Å². The van der Waals surface area contributed by atoms with E-state index in [0.717, 1.165) is 17.1 Å². The average molecular weight is 440 g/mol. The van der Waals surface area contributed by atoms with Gasteiger partial charge in [0.05, 0.1) is 12.0 Å². The van der Waals surface area contributed by atoms with Gasteiger partial charge in [0, 0.05) is 55.8 Å². The lowest BCUT2D eigenvalue weighted by atomic mass is 9.94. The van der Waals surface area contributed by atoms with Crippen molar-refractivity contribution < 1.29 is 13.2 Å². The minimum absolute atomic E-state index is 0.160. The van der Waals surface area contributed by atoms with E-state index in [0.29, 0.717) is 37.5 Å². The number of aromatic nitrogens is 3. The zero-order chi connectivity index (χ0) is 21.8. The van der Waals surface area contributed by atoms with E-state index in [9.17, 15) is 8.42 Å². The van der Waals surface area contributed by atoms with Crippen LogP contribution in [-0.4, -0.2) is 54.9 Å². The molecule has 0 unspecified atom stereocenters. The van der Waals surface area contributed by atoms with E-state index in [4.69, 9.17) is 9.72 Å². The number of hydrogen-bond donors (Lipinski definition) is 1. The number of rotatable bonds is 6. The lowest BCUT2D eigenvalue weighted by molar-refractivity contribution is 0.316. The van der Waals surface area contributed by atoms with E-state index in [1.165, 1.54) is 0 Å². The number of sulfonamides is 1. The van der Waals surface area contributed by atoms with Gasteiger partial charge < -0.3 is 10.1 Å². The van der Waals surface area contributed by atoms with E-state index in [2.05, 4.69) is 15.3 Å². The van der Waals surface area contributed by atoms with Crippen molar-refractivity contribution in [3.05, 3.63) is 60.6 Å². The Morgan fingerprint density at radius 3 is 2.45 bits per heavy atom. The second kappa shape index (κ2) is 8.99. The molecular weight excluding hydrogens is 414 g/mol. The third-order valence-corrected chi connectivity index (χ3v) is 7.40. The normalized spacial score (nSPS) is 15.5. The van der Waals surface area contributed by atoms with Crippen LogP contribution >= 0.6 is 0 Å². The van der Waals surface area contributed by atoms with Gasteiger partial charge in [0.25, 0.3) is 0 Å². The van der Waals surface area contributed by atoms with E-state index in [1.807, 2.05) is 25.2 Å². The summed E-state index contributed by atoms with van der Waals surface area (Å²) >= 11 is 0. The van der Waals surface area contributed by atoms with E-state index in [1.54, 1.807) is 48.1 Å². The highest BCUT2D eigenvalue weighted by Crippen LogP contribution is 2.32. The number of pyridine rings is 1. The Hall–Kier alpha value is -3.04. The molecular formula is C22H25N5O3S. The molecule has 0 saturated carbocycles. The summed E-state index contributed by atoms with van der Waals surface area (Å²) in [5.74, 6) is 2.14. The Morgan fingerprint density at radius 1 is 1.10 bits per heavy atom. The highest BCUT2D eigenvalue weighted by atomic mass is 32.2. The number of nitrogens with zero attached hydrogens (tertiary/aromatic N) is 4. The van der Waals surface area contributed by atoms with Crippen LogP contribution in [0.3, 0.4) is 0 Å². The van der Waals surface area contributed by atoms with E-state index in [-0.39, 0.29) is 10.8 Å². The van der Waals surface area contributed by atoms with Crippen molar-refractivity contribution in [2.45, 2.75) is 23.7 Å². The minimum Gasteiger partial charge on any atom is -0.497 e. The van der Waals surface area contributed by atoms with Crippen LogP contribution in [0.2, 0.25) is 0 Å². The first-order valence-electron chi connectivity index (χ1n) is 10.1. The van der Waals surface area contributed by atoms with Gasteiger partial charge >= 0.3 is 0 Å². The van der Waals surface area contributed by atoms with Gasteiger partial charge in [-0.1, -0.05) is 0 Å². The number of ether oxygens (including phenoxy) is 1. The maximum atomic E-state index is 13.0. The van der Waals surface area contributed by atoms with Crippen molar-refractivity contribution in [1.82, 2.24) is 19.3 Å². The fraction of sp³-hybridized carbons (Fsp3) is 0.318. The number of hydrogen-bond acceptors (Lipinski definition) is 7. The first kappa shape index (κ1) is 21.2. The summed E-state index contributed by atoms with van der Waals surface area (Å²) in [7, 11) is -0.153. The molecule has 31 heavy (non-hydrogen) atoms. The summed E-state index contributed by atoms with van der Waals surface area (Å²) in [6.45, 7) is 0.889. The third kappa shape index (κ3) is 4.52. The molecule has 3 aromatic rings. The van der Waals surface area contributed by atoms with Crippen LogP contribution in [0.4, 0.5) is 5.82 Å². The summed E-state index contributed by atoms with van der Waals surface area (Å²) in [6, 6.07) is 12.2. The summed E-state index contributed by atoms with van der Waals surface area (Å²) in [5.41, 5.74) is 1.76. The molecule has 0 amide bonds. The maximum absolute atomic E-state index is 13.0. The van der Waals surface area contributed by atoms with E-state index >= 15 is 0 Å². The average Bonchev–Trinajstić information content (AvgIpc) is 2.84. The largest absolute Gasteiger partial charge is 0.497 e. The van der Waals surface area contributed by atoms with Crippen molar-refractivity contribution in [3.8, 4) is 17.1 Å². The Balaban J connectivity index is 1.52. The van der Waals surface area contributed by atoms with Gasteiger partial charge in [-0.05, 0) is 49.2 Å². The van der Waals surface area contributed by atoms with Crippen molar-refractivity contribution in [2.75, 3.05) is 32.6 Å². The predicted octanol–water partition coefficient (Wildman–Crippen LogP) is 3.16. The molecule has 9 heteroatoms. The lowest BCUT2D eigenvalue weighted by Gasteiger charge is -2.31. The van der Waals surface area contributed by atoms with Crippen LogP contribution in [0.15, 0.2) is 59.8 Å². The van der Waals surface area contributed by atoms with Crippen LogP contribution in [0.5, 0.6) is 5.75 Å². The zero-order valence-electron chi connectivity index (χ0n) is 17.5. The fourth-order valence-electron chi connectivity index (χ4n) is 3.72.